The van der Waals surface area contributed by atoms with Crippen molar-refractivity contribution in [1.82, 2.24) is 0 Å². The molecule has 0 N–H and O–H groups in total. The van der Waals surface area contributed by atoms with Crippen LogP contribution in [-0.4, -0.2) is 6.61 Å². The van der Waals surface area contributed by atoms with Crippen LogP contribution in [0, 0.1) is 0 Å². The van der Waals surface area contributed by atoms with Gasteiger partial charge in [0.1, 0.15) is 5.75 Å². The minimum Gasteiger partial charge on any atom is -0.421 e. The third-order valence-electron chi connectivity index (χ3n) is 3.85. The van der Waals surface area contributed by atoms with Gasteiger partial charge in [0.2, 0.25) is 0 Å². The van der Waals surface area contributed by atoms with Crippen molar-refractivity contribution >= 4 is 12.9 Å². The lowest BCUT2D eigenvalue weighted by molar-refractivity contribution is 0.288. The Kier molecular flexibility index (Phi) is 3.66. The summed E-state index contributed by atoms with van der Waals surface area (Å²) in [6.45, 7) is 8.61. The van der Waals surface area contributed by atoms with Gasteiger partial charge in [-0.2, -0.15) is 0 Å². The zero-order valence-corrected chi connectivity index (χ0v) is 14.3. The molecule has 0 aromatic heterocycles. The molecule has 116 valence electrons. The van der Waals surface area contributed by atoms with Crippen LogP contribution in [-0.2, 0) is 14.5 Å². The highest BCUT2D eigenvalue weighted by atomic mass is 31.2. The molecule has 0 saturated carbocycles. The fourth-order valence-electron chi connectivity index (χ4n) is 2.67. The number of rotatable bonds is 2. The number of benzene rings is 2. The van der Waals surface area contributed by atoms with Gasteiger partial charge in [0.25, 0.3) is 0 Å². The Balaban J connectivity index is 2.21. The summed E-state index contributed by atoms with van der Waals surface area (Å²) in [6.07, 6.45) is 0. The molecule has 0 saturated heterocycles. The minimum absolute atomic E-state index is 0.00492. The summed E-state index contributed by atoms with van der Waals surface area (Å²) in [4.78, 5) is 0. The number of hydrogen-bond donors (Lipinski definition) is 0. The van der Waals surface area contributed by atoms with E-state index in [0.29, 0.717) is 17.7 Å². The van der Waals surface area contributed by atoms with E-state index in [1.54, 1.807) is 0 Å². The molecule has 1 unspecified atom stereocenters. The molecule has 22 heavy (non-hydrogen) atoms. The van der Waals surface area contributed by atoms with E-state index in [4.69, 9.17) is 9.05 Å². The average Bonchev–Trinajstić information content (AvgIpc) is 2.46. The molecule has 4 heteroatoms. The first-order valence-corrected chi connectivity index (χ1v) is 9.08. The fourth-order valence-corrected chi connectivity index (χ4v) is 4.47. The van der Waals surface area contributed by atoms with Crippen LogP contribution < -0.4 is 9.83 Å². The van der Waals surface area contributed by atoms with Gasteiger partial charge >= 0.3 is 7.60 Å². The van der Waals surface area contributed by atoms with Crippen molar-refractivity contribution in [2.75, 3.05) is 6.61 Å². The molecule has 0 amide bonds. The summed E-state index contributed by atoms with van der Waals surface area (Å²) in [5, 5.41) is 0.646. The molecule has 1 heterocycles. The summed E-state index contributed by atoms with van der Waals surface area (Å²) in [6, 6.07) is 13.7. The van der Waals surface area contributed by atoms with E-state index in [1.807, 2.05) is 43.3 Å². The monoisotopic (exact) mass is 316 g/mol. The SMILES string of the molecule is CCOP1(=O)Oc2cc(C(C)(C)C)ccc2-c2ccccc21. The molecule has 1 atom stereocenters. The summed E-state index contributed by atoms with van der Waals surface area (Å²) in [7, 11) is -3.31. The second-order valence-corrected chi connectivity index (χ2v) is 8.40. The Morgan fingerprint density at radius 3 is 2.50 bits per heavy atom. The minimum atomic E-state index is -3.31. The van der Waals surface area contributed by atoms with Crippen LogP contribution in [0.25, 0.3) is 11.1 Å². The predicted molar refractivity (Wildman–Crippen MR) is 90.1 cm³/mol. The highest BCUT2D eigenvalue weighted by molar-refractivity contribution is 7.63. The van der Waals surface area contributed by atoms with Gasteiger partial charge in [0.15, 0.2) is 0 Å². The van der Waals surface area contributed by atoms with Crippen molar-refractivity contribution in [2.24, 2.45) is 0 Å². The van der Waals surface area contributed by atoms with Gasteiger partial charge in [-0.05, 0) is 30.0 Å². The van der Waals surface area contributed by atoms with E-state index in [9.17, 15) is 4.57 Å². The summed E-state index contributed by atoms with van der Waals surface area (Å²) < 4.78 is 24.5. The molecule has 2 aromatic rings. The van der Waals surface area contributed by atoms with Crippen molar-refractivity contribution in [3.63, 3.8) is 0 Å². The maximum atomic E-state index is 13.1. The van der Waals surface area contributed by atoms with Gasteiger partial charge in [0.05, 0.1) is 11.9 Å². The van der Waals surface area contributed by atoms with E-state index in [1.165, 1.54) is 0 Å². The summed E-state index contributed by atoms with van der Waals surface area (Å²) in [5.74, 6) is 0.642. The van der Waals surface area contributed by atoms with Crippen LogP contribution in [0.1, 0.15) is 33.3 Å². The molecule has 3 rings (SSSR count). The van der Waals surface area contributed by atoms with Crippen LogP contribution in [0.3, 0.4) is 0 Å². The van der Waals surface area contributed by atoms with Crippen molar-refractivity contribution in [3.05, 3.63) is 48.0 Å². The highest BCUT2D eigenvalue weighted by Gasteiger charge is 2.37. The average molecular weight is 316 g/mol. The van der Waals surface area contributed by atoms with Crippen LogP contribution in [0.4, 0.5) is 0 Å². The molecule has 3 nitrogen and oxygen atoms in total. The molecule has 0 radical (unpaired) electrons. The molecule has 0 fully saturated rings. The summed E-state index contributed by atoms with van der Waals surface area (Å²) >= 11 is 0. The van der Waals surface area contributed by atoms with Gasteiger partial charge in [-0.1, -0.05) is 51.1 Å². The van der Waals surface area contributed by atoms with Gasteiger partial charge < -0.3 is 4.52 Å². The van der Waals surface area contributed by atoms with Gasteiger partial charge in [-0.3, -0.25) is 4.52 Å². The molecule has 0 spiro atoms. The maximum absolute atomic E-state index is 13.1. The highest BCUT2D eigenvalue weighted by Crippen LogP contribution is 2.55. The first kappa shape index (κ1) is 15.3. The Bertz CT molecular complexity index is 759. The lowest BCUT2D eigenvalue weighted by Crippen LogP contribution is -2.20. The largest absolute Gasteiger partial charge is 0.421 e. The van der Waals surface area contributed by atoms with Crippen LogP contribution in [0.5, 0.6) is 5.75 Å². The standard InChI is InChI=1S/C18H21O3P/c1-5-20-22(19)17-9-7-6-8-15(17)14-11-10-13(18(2,3)4)12-16(14)21-22/h6-12H,5H2,1-4H3. The van der Waals surface area contributed by atoms with Gasteiger partial charge in [-0.15, -0.1) is 0 Å². The van der Waals surface area contributed by atoms with Crippen LogP contribution in [0.2, 0.25) is 0 Å². The third-order valence-corrected chi connectivity index (χ3v) is 5.87. The molecule has 0 aliphatic carbocycles. The second kappa shape index (κ2) is 5.26. The van der Waals surface area contributed by atoms with Crippen molar-refractivity contribution in [3.8, 4) is 16.9 Å². The Morgan fingerprint density at radius 1 is 1.09 bits per heavy atom. The van der Waals surface area contributed by atoms with E-state index in [-0.39, 0.29) is 5.41 Å². The molecule has 0 bridgehead atoms. The van der Waals surface area contributed by atoms with E-state index in [2.05, 4.69) is 26.8 Å². The fraction of sp³-hybridized carbons (Fsp3) is 0.333. The van der Waals surface area contributed by atoms with Crippen molar-refractivity contribution < 1.29 is 13.6 Å². The zero-order valence-electron chi connectivity index (χ0n) is 13.4. The quantitative estimate of drug-likeness (QED) is 0.739. The van der Waals surface area contributed by atoms with E-state index < -0.39 is 7.60 Å². The Hall–Kier alpha value is -1.57. The predicted octanol–water partition coefficient (Wildman–Crippen LogP) is 4.90. The smallest absolute Gasteiger partial charge is 0.411 e. The third kappa shape index (κ3) is 2.49. The lowest BCUT2D eigenvalue weighted by atomic mass is 9.86. The molecular weight excluding hydrogens is 295 g/mol. The van der Waals surface area contributed by atoms with Gasteiger partial charge in [-0.25, -0.2) is 4.57 Å². The maximum Gasteiger partial charge on any atom is 0.411 e. The number of fused-ring (bicyclic) bond motifs is 3. The van der Waals surface area contributed by atoms with Crippen LogP contribution >= 0.6 is 7.60 Å². The summed E-state index contributed by atoms with van der Waals surface area (Å²) in [5.41, 5.74) is 3.05. The van der Waals surface area contributed by atoms with Crippen LogP contribution in [0.15, 0.2) is 42.5 Å². The Morgan fingerprint density at radius 2 is 1.82 bits per heavy atom. The van der Waals surface area contributed by atoms with Crippen molar-refractivity contribution in [1.29, 1.82) is 0 Å². The molecule has 1 aliphatic rings. The number of hydrogen-bond acceptors (Lipinski definition) is 3. The first-order chi connectivity index (χ1) is 10.3. The van der Waals surface area contributed by atoms with Gasteiger partial charge in [0, 0.05) is 11.1 Å². The lowest BCUT2D eigenvalue weighted by Gasteiger charge is -2.29. The van der Waals surface area contributed by atoms with Crippen molar-refractivity contribution in [2.45, 2.75) is 33.1 Å². The normalized spacial score (nSPS) is 20.0. The second-order valence-electron chi connectivity index (χ2n) is 6.48. The molecule has 2 aromatic carbocycles. The molecule has 1 aliphatic heterocycles. The topological polar surface area (TPSA) is 35.5 Å². The van der Waals surface area contributed by atoms with E-state index >= 15 is 0 Å². The zero-order chi connectivity index (χ0) is 16.0. The van der Waals surface area contributed by atoms with E-state index in [0.717, 1.165) is 16.7 Å². The first-order valence-electron chi connectivity index (χ1n) is 7.54. The molecular formula is C18H21O3P. The Labute approximate surface area is 131 Å².